The van der Waals surface area contributed by atoms with Crippen LogP contribution in [0.5, 0.6) is 11.5 Å². The number of nitrogens with one attached hydrogen (secondary N) is 4. The zero-order chi connectivity index (χ0) is 45.4. The van der Waals surface area contributed by atoms with Gasteiger partial charge in [-0.2, -0.15) is 0 Å². The molecule has 9 rings (SSSR count). The zero-order valence-corrected chi connectivity index (χ0v) is 36.4. The van der Waals surface area contributed by atoms with E-state index in [1.54, 1.807) is 35.5 Å². The minimum atomic E-state index is -2.26. The van der Waals surface area contributed by atoms with E-state index in [1.807, 2.05) is 44.2 Å². The number of alkyl halides is 1. The van der Waals surface area contributed by atoms with E-state index in [-0.39, 0.29) is 43.4 Å². The molecule has 1 unspecified atom stereocenters. The van der Waals surface area contributed by atoms with Crippen LogP contribution in [0.4, 0.5) is 14.0 Å². The van der Waals surface area contributed by atoms with Crippen molar-refractivity contribution < 1.29 is 42.5 Å². The molecule has 4 atom stereocenters. The van der Waals surface area contributed by atoms with Crippen molar-refractivity contribution >= 4 is 34.8 Å². The molecule has 17 heteroatoms. The number of carbonyl (C=O) groups is 4. The normalized spacial score (nSPS) is 18.8. The third-order valence-corrected chi connectivity index (χ3v) is 12.5. The summed E-state index contributed by atoms with van der Waals surface area (Å²) in [6.45, 7) is 4.50. The summed E-state index contributed by atoms with van der Waals surface area (Å²) in [5.41, 5.74) is 5.54. The van der Waals surface area contributed by atoms with Gasteiger partial charge in [0.15, 0.2) is 17.3 Å². The number of likely N-dealkylation sites (tertiary alicyclic amines) is 2. The van der Waals surface area contributed by atoms with Gasteiger partial charge in [-0.3, -0.25) is 9.59 Å². The molecule has 4 N–H and O–H groups in total. The van der Waals surface area contributed by atoms with Crippen LogP contribution in [0, 0.1) is 5.92 Å². The number of hydrogen-bond acceptors (Lipinski definition) is 10. The number of hydrogen-bond donors (Lipinski definition) is 4. The molecule has 0 spiro atoms. The summed E-state index contributed by atoms with van der Waals surface area (Å²) in [5.74, 6) is -1.59. The molecule has 2 fully saturated rings. The summed E-state index contributed by atoms with van der Waals surface area (Å²) in [6.07, 6.45) is 3.86. The highest BCUT2D eigenvalue weighted by Gasteiger charge is 2.50. The number of aromatic amines is 2. The lowest BCUT2D eigenvalue weighted by Crippen LogP contribution is -2.51. The largest absolute Gasteiger partial charge is 0.454 e. The Morgan fingerprint density at radius 2 is 1.42 bits per heavy atom. The van der Waals surface area contributed by atoms with E-state index in [4.69, 9.17) is 23.9 Å². The van der Waals surface area contributed by atoms with Crippen LogP contribution < -0.4 is 20.1 Å². The number of fused-ring (bicyclic) bond motifs is 2. The lowest BCUT2D eigenvalue weighted by Gasteiger charge is -2.32. The van der Waals surface area contributed by atoms with Gasteiger partial charge in [0.1, 0.15) is 17.9 Å². The van der Waals surface area contributed by atoms with E-state index >= 15 is 4.39 Å². The van der Waals surface area contributed by atoms with Crippen LogP contribution in [0.3, 0.4) is 0 Å². The second-order valence-corrected chi connectivity index (χ2v) is 16.8. The van der Waals surface area contributed by atoms with Crippen molar-refractivity contribution in [1.82, 2.24) is 40.4 Å². The quantitative estimate of drug-likeness (QED) is 0.0930. The highest BCUT2D eigenvalue weighted by Crippen LogP contribution is 2.43. The van der Waals surface area contributed by atoms with Crippen molar-refractivity contribution in [3.8, 4) is 45.1 Å². The van der Waals surface area contributed by atoms with Crippen LogP contribution in [-0.4, -0.2) is 93.9 Å². The van der Waals surface area contributed by atoms with E-state index in [2.05, 4.69) is 55.9 Å². The van der Waals surface area contributed by atoms with Gasteiger partial charge >= 0.3 is 12.2 Å². The molecule has 3 aliphatic heterocycles. The number of rotatable bonds is 11. The fraction of sp³-hybridized carbons (Fsp3) is 0.333. The van der Waals surface area contributed by atoms with Gasteiger partial charge in [-0.1, -0.05) is 68.4 Å². The first-order chi connectivity index (χ1) is 31.4. The number of aromatic nitrogens is 4. The van der Waals surface area contributed by atoms with Crippen LogP contribution in [0.2, 0.25) is 0 Å². The molecule has 0 aliphatic carbocycles. The number of halogens is 1. The minimum Gasteiger partial charge on any atom is -0.454 e. The number of benzene rings is 4. The molecular weight excluding hydrogens is 836 g/mol. The molecular formula is C48H49FN8O8. The third-order valence-electron chi connectivity index (χ3n) is 12.5. The van der Waals surface area contributed by atoms with E-state index < -0.39 is 36.0 Å². The number of imidazole rings is 2. The average molecular weight is 885 g/mol. The Hall–Kier alpha value is -7.43. The molecule has 336 valence electrons. The standard InChI is InChI=1S/C48H49FN8O8/c1-27(2)40(54-46(60)62-3)43(58)56-19-5-7-37(56)42-50-24-36(52-42)33-15-14-31-21-30(12-13-32(31)22-33)28-8-10-29(11-9-28)35-25-51-45(53-35)48(49)18-6-20-57(48)44(59)41(55-47(61)63-4)34-16-17-38-39(23-34)65-26-64-38/h8-17,21-25,27,37,40-41H,5-7,18-20,26H2,1-4H3,(H,50,52)(H,51,53)(H,54,60)(H,55,61)/t37-,40-,41?,48-/m0/s1. The molecule has 5 heterocycles. The van der Waals surface area contributed by atoms with E-state index in [9.17, 15) is 19.2 Å². The fourth-order valence-corrected chi connectivity index (χ4v) is 8.97. The average Bonchev–Trinajstić information content (AvgIpc) is 4.19. The molecule has 16 nitrogen and oxygen atoms in total. The molecule has 2 aromatic heterocycles. The number of carbonyl (C=O) groups excluding carboxylic acids is 4. The Bertz CT molecular complexity index is 2770. The first kappa shape index (κ1) is 42.9. The highest BCUT2D eigenvalue weighted by molar-refractivity contribution is 5.91. The van der Waals surface area contributed by atoms with Crippen LogP contribution >= 0.6 is 0 Å². The van der Waals surface area contributed by atoms with Gasteiger partial charge in [-0.25, -0.2) is 23.9 Å². The summed E-state index contributed by atoms with van der Waals surface area (Å²) < 4.78 is 37.6. The van der Waals surface area contributed by atoms with Gasteiger partial charge < -0.3 is 49.3 Å². The Balaban J connectivity index is 0.885. The fourth-order valence-electron chi connectivity index (χ4n) is 8.97. The van der Waals surface area contributed by atoms with Gasteiger partial charge in [0.2, 0.25) is 18.5 Å². The van der Waals surface area contributed by atoms with Gasteiger partial charge in [-0.15, -0.1) is 0 Å². The number of nitrogens with zero attached hydrogens (tertiary/aromatic N) is 4. The van der Waals surface area contributed by atoms with Crippen molar-refractivity contribution in [2.45, 2.75) is 63.4 Å². The number of ether oxygens (including phenoxy) is 4. The molecule has 4 aromatic carbocycles. The SMILES string of the molecule is COC(=O)NC(C(=O)N1CCC[C@@]1(F)c1ncc(-c2ccc(-c3ccc4cc(-c5cnc([C@@H]6CCCN6C(=O)[C@@H](NC(=O)OC)C(C)C)[nH]5)ccc4c3)cc2)[nH]1)c1ccc2c(c1)OCO2. The molecule has 2 saturated heterocycles. The lowest BCUT2D eigenvalue weighted by molar-refractivity contribution is -0.146. The molecule has 65 heavy (non-hydrogen) atoms. The van der Waals surface area contributed by atoms with Crippen LogP contribution in [-0.2, 0) is 24.9 Å². The number of H-pyrrole nitrogens is 2. The summed E-state index contributed by atoms with van der Waals surface area (Å²) in [5, 5.41) is 7.34. The maximum absolute atomic E-state index is 17.1. The van der Waals surface area contributed by atoms with Gasteiger partial charge in [-0.05, 0) is 82.5 Å². The van der Waals surface area contributed by atoms with Crippen LogP contribution in [0.1, 0.15) is 68.8 Å². The summed E-state index contributed by atoms with van der Waals surface area (Å²) in [7, 11) is 2.47. The smallest absolute Gasteiger partial charge is 0.407 e. The van der Waals surface area contributed by atoms with E-state index in [0.29, 0.717) is 41.5 Å². The van der Waals surface area contributed by atoms with Crippen molar-refractivity contribution in [2.75, 3.05) is 34.1 Å². The molecule has 0 saturated carbocycles. The van der Waals surface area contributed by atoms with Gasteiger partial charge in [0.05, 0.1) is 44.0 Å². The van der Waals surface area contributed by atoms with E-state index in [1.165, 1.54) is 14.2 Å². The highest BCUT2D eigenvalue weighted by atomic mass is 19.1. The molecule has 6 aromatic rings. The molecule has 3 aliphatic rings. The summed E-state index contributed by atoms with van der Waals surface area (Å²) >= 11 is 0. The van der Waals surface area contributed by atoms with Crippen molar-refractivity contribution in [3.63, 3.8) is 0 Å². The molecule has 0 radical (unpaired) electrons. The van der Waals surface area contributed by atoms with Crippen LogP contribution in [0.25, 0.3) is 44.4 Å². The van der Waals surface area contributed by atoms with Crippen molar-refractivity contribution in [1.29, 1.82) is 0 Å². The first-order valence-corrected chi connectivity index (χ1v) is 21.6. The molecule has 4 amide bonds. The second kappa shape index (κ2) is 17.6. The number of amides is 4. The third kappa shape index (κ3) is 8.29. The Morgan fingerprint density at radius 1 is 0.754 bits per heavy atom. The maximum atomic E-state index is 17.1. The first-order valence-electron chi connectivity index (χ1n) is 21.6. The predicted molar refractivity (Wildman–Crippen MR) is 237 cm³/mol. The van der Waals surface area contributed by atoms with Gasteiger partial charge in [0.25, 0.3) is 5.91 Å². The van der Waals surface area contributed by atoms with Crippen molar-refractivity contribution in [3.05, 3.63) is 108 Å². The van der Waals surface area contributed by atoms with Gasteiger partial charge in [0, 0.05) is 25.1 Å². The molecule has 0 bridgehead atoms. The maximum Gasteiger partial charge on any atom is 0.407 e. The minimum absolute atomic E-state index is 0.00872. The topological polar surface area (TPSA) is 193 Å². The number of methoxy groups -OCH3 is 2. The number of alkyl carbamates (subject to hydrolysis) is 2. The Labute approximate surface area is 373 Å². The summed E-state index contributed by atoms with van der Waals surface area (Å²) in [4.78, 5) is 70.7. The monoisotopic (exact) mass is 884 g/mol. The van der Waals surface area contributed by atoms with Crippen LogP contribution in [0.15, 0.2) is 91.3 Å². The second-order valence-electron chi connectivity index (χ2n) is 16.8. The predicted octanol–water partition coefficient (Wildman–Crippen LogP) is 7.90. The van der Waals surface area contributed by atoms with Crippen molar-refractivity contribution in [2.24, 2.45) is 5.92 Å². The zero-order valence-electron chi connectivity index (χ0n) is 36.4. The lowest BCUT2D eigenvalue weighted by atomic mass is 9.98. The summed E-state index contributed by atoms with van der Waals surface area (Å²) in [6, 6.07) is 23.0. The Morgan fingerprint density at radius 3 is 2.17 bits per heavy atom. The van der Waals surface area contributed by atoms with E-state index in [0.717, 1.165) is 56.5 Å². The Kier molecular flexibility index (Phi) is 11.6.